The van der Waals surface area contributed by atoms with Crippen LogP contribution in [0.15, 0.2) is 0 Å². The Kier molecular flexibility index (Phi) is 21.5. The molecule has 4 nitrogen and oxygen atoms in total. The quantitative estimate of drug-likeness (QED) is 0.218. The summed E-state index contributed by atoms with van der Waals surface area (Å²) in [4.78, 5) is 0. The second kappa shape index (κ2) is 19.2. The molecule has 0 saturated carbocycles. The molecule has 0 aromatic rings. The van der Waals surface area contributed by atoms with Gasteiger partial charge in [-0.05, 0) is 19.3 Å². The van der Waals surface area contributed by atoms with Gasteiger partial charge in [0.15, 0.2) is 0 Å². The maximum Gasteiger partial charge on any atom is 1.00 e. The van der Waals surface area contributed by atoms with Crippen molar-refractivity contribution in [3.63, 3.8) is 0 Å². The summed E-state index contributed by atoms with van der Waals surface area (Å²) in [5, 5.41) is 8.97. The van der Waals surface area contributed by atoms with Gasteiger partial charge < -0.3 is 9.66 Å². The first-order valence-electron chi connectivity index (χ1n) is 10.5. The summed E-state index contributed by atoms with van der Waals surface area (Å²) in [5.74, 6) is 0. The summed E-state index contributed by atoms with van der Waals surface area (Å²) in [6, 6.07) is 0. The third kappa shape index (κ3) is 18.2. The predicted octanol–water partition coefficient (Wildman–Crippen LogP) is 2.55. The van der Waals surface area contributed by atoms with E-state index in [0.29, 0.717) is 12.8 Å². The Morgan fingerprint density at radius 2 is 1.15 bits per heavy atom. The molecule has 6 heteroatoms. The van der Waals surface area contributed by atoms with Crippen LogP contribution in [0.3, 0.4) is 0 Å². The van der Waals surface area contributed by atoms with Gasteiger partial charge >= 0.3 is 29.6 Å². The molecule has 2 atom stereocenters. The number of aliphatic hydroxyl groups is 1. The zero-order valence-electron chi connectivity index (χ0n) is 17.5. The maximum absolute atomic E-state index is 11.4. The molecule has 1 N–H and O–H groups in total. The second-order valence-corrected chi connectivity index (χ2v) is 9.12. The zero-order valence-corrected chi connectivity index (χ0v) is 20.4. The molecule has 0 amide bonds. The van der Waals surface area contributed by atoms with Crippen LogP contribution in [0, 0.1) is 0 Å². The predicted molar refractivity (Wildman–Crippen MR) is 105 cm³/mol. The molecule has 0 rings (SSSR count). The van der Waals surface area contributed by atoms with E-state index < -0.39 is 21.5 Å². The monoisotopic (exact) mass is 400 g/mol. The normalized spacial score (nSPS) is 14.0. The third-order valence-corrected chi connectivity index (χ3v) is 6.21. The van der Waals surface area contributed by atoms with Crippen molar-refractivity contribution in [3.05, 3.63) is 0 Å². The molecule has 0 aliphatic carbocycles. The molecule has 0 aromatic carbocycles. The molecule has 0 bridgehead atoms. The summed E-state index contributed by atoms with van der Waals surface area (Å²) >= 11 is 0. The Bertz CT molecular complexity index is 387. The van der Waals surface area contributed by atoms with Gasteiger partial charge in [0.2, 0.25) is 0 Å². The molecular weight excluding hydrogens is 359 g/mol. The summed E-state index contributed by atoms with van der Waals surface area (Å²) < 4.78 is 34.2. The van der Waals surface area contributed by atoms with Crippen molar-refractivity contribution < 1.29 is 47.6 Å². The van der Waals surface area contributed by atoms with Crippen molar-refractivity contribution in [1.82, 2.24) is 0 Å². The Morgan fingerprint density at radius 1 is 0.731 bits per heavy atom. The van der Waals surface area contributed by atoms with Gasteiger partial charge in [0, 0.05) is 0 Å². The smallest absolute Gasteiger partial charge is 0.748 e. The SMILES string of the molecule is CCCCCCCCCCCCCC(CC(O)CCCC)S(=O)(=O)[O-].[Na+]. The molecule has 0 radical (unpaired) electrons. The second-order valence-electron chi connectivity index (χ2n) is 7.47. The zero-order chi connectivity index (χ0) is 19.0. The number of unbranched alkanes of at least 4 members (excludes halogenated alkanes) is 11. The van der Waals surface area contributed by atoms with E-state index in [9.17, 15) is 18.1 Å². The van der Waals surface area contributed by atoms with Crippen LogP contribution in [-0.2, 0) is 10.1 Å². The van der Waals surface area contributed by atoms with Crippen molar-refractivity contribution in [3.8, 4) is 0 Å². The van der Waals surface area contributed by atoms with Gasteiger partial charge in [-0.3, -0.25) is 0 Å². The third-order valence-electron chi connectivity index (χ3n) is 4.96. The average molecular weight is 401 g/mol. The molecular formula is C20H41NaO4S. The van der Waals surface area contributed by atoms with Crippen molar-refractivity contribution in [2.75, 3.05) is 0 Å². The van der Waals surface area contributed by atoms with Crippen LogP contribution in [0.5, 0.6) is 0 Å². The summed E-state index contributed by atoms with van der Waals surface area (Å²) in [5.41, 5.74) is 0. The molecule has 2 unspecified atom stereocenters. The summed E-state index contributed by atoms with van der Waals surface area (Å²) in [7, 11) is -4.31. The minimum Gasteiger partial charge on any atom is -0.748 e. The minimum atomic E-state index is -4.31. The molecule has 26 heavy (non-hydrogen) atoms. The Balaban J connectivity index is 0. The number of hydrogen-bond donors (Lipinski definition) is 1. The van der Waals surface area contributed by atoms with E-state index in [1.54, 1.807) is 0 Å². The largest absolute Gasteiger partial charge is 1.00 e. The van der Waals surface area contributed by atoms with E-state index in [1.165, 1.54) is 51.4 Å². The fourth-order valence-corrected chi connectivity index (χ4v) is 4.19. The molecule has 0 fully saturated rings. The van der Waals surface area contributed by atoms with Crippen LogP contribution in [0.2, 0.25) is 0 Å². The summed E-state index contributed by atoms with van der Waals surface area (Å²) in [6.07, 6.45) is 15.5. The number of hydrogen-bond acceptors (Lipinski definition) is 4. The Hall–Kier alpha value is 0.870. The van der Waals surface area contributed by atoms with Gasteiger partial charge in [-0.25, -0.2) is 8.42 Å². The topological polar surface area (TPSA) is 77.4 Å². The molecule has 0 aliphatic heterocycles. The van der Waals surface area contributed by atoms with Crippen molar-refractivity contribution in [2.45, 2.75) is 128 Å². The van der Waals surface area contributed by atoms with Crippen LogP contribution >= 0.6 is 0 Å². The van der Waals surface area contributed by atoms with E-state index in [1.807, 2.05) is 6.92 Å². The van der Waals surface area contributed by atoms with Crippen LogP contribution in [-0.4, -0.2) is 29.4 Å². The van der Waals surface area contributed by atoms with E-state index >= 15 is 0 Å². The number of rotatable bonds is 18. The molecule has 0 saturated heterocycles. The van der Waals surface area contributed by atoms with Gasteiger partial charge in [0.25, 0.3) is 0 Å². The standard InChI is InChI=1S/C20H42O4S.Na/c1-3-5-7-8-9-10-11-12-13-14-15-17-20(25(22,23)24)18-19(21)16-6-4-2;/h19-21H,3-18H2,1-2H3,(H,22,23,24);/q;+1/p-1. The van der Waals surface area contributed by atoms with Crippen LogP contribution in [0.1, 0.15) is 117 Å². The van der Waals surface area contributed by atoms with E-state index in [4.69, 9.17) is 0 Å². The molecule has 0 aliphatic rings. The Morgan fingerprint density at radius 3 is 1.58 bits per heavy atom. The van der Waals surface area contributed by atoms with Crippen LogP contribution in [0.4, 0.5) is 0 Å². The fraction of sp³-hybridized carbons (Fsp3) is 1.00. The first-order chi connectivity index (χ1) is 11.9. The first kappa shape index (κ1) is 29.1. The van der Waals surface area contributed by atoms with Crippen molar-refractivity contribution >= 4 is 10.1 Å². The molecule has 0 spiro atoms. The van der Waals surface area contributed by atoms with Gasteiger partial charge in [-0.2, -0.15) is 0 Å². The maximum atomic E-state index is 11.4. The van der Waals surface area contributed by atoms with Crippen LogP contribution < -0.4 is 29.6 Å². The first-order valence-corrected chi connectivity index (χ1v) is 12.0. The fourth-order valence-electron chi connectivity index (χ4n) is 3.28. The Labute approximate surface area is 185 Å². The van der Waals surface area contributed by atoms with Gasteiger partial charge in [0.05, 0.1) is 21.5 Å². The van der Waals surface area contributed by atoms with Gasteiger partial charge in [-0.15, -0.1) is 0 Å². The van der Waals surface area contributed by atoms with Crippen molar-refractivity contribution in [2.24, 2.45) is 0 Å². The van der Waals surface area contributed by atoms with E-state index in [0.717, 1.165) is 32.1 Å². The number of aliphatic hydroxyl groups excluding tert-OH is 1. The minimum absolute atomic E-state index is 0. The summed E-state index contributed by atoms with van der Waals surface area (Å²) in [6.45, 7) is 4.26. The van der Waals surface area contributed by atoms with Gasteiger partial charge in [0.1, 0.15) is 0 Å². The molecule has 0 aromatic heterocycles. The van der Waals surface area contributed by atoms with E-state index in [-0.39, 0.29) is 36.0 Å². The van der Waals surface area contributed by atoms with Gasteiger partial charge in [-0.1, -0.05) is 97.3 Å². The average Bonchev–Trinajstić information content (AvgIpc) is 2.55. The molecule has 0 heterocycles. The van der Waals surface area contributed by atoms with Crippen LogP contribution in [0.25, 0.3) is 0 Å². The molecule has 152 valence electrons. The van der Waals surface area contributed by atoms with Crippen molar-refractivity contribution in [1.29, 1.82) is 0 Å². The van der Waals surface area contributed by atoms with E-state index in [2.05, 4.69) is 6.92 Å².